The average molecular weight is 218 g/mol. The van der Waals surface area contributed by atoms with E-state index in [1.165, 1.54) is 12.1 Å². The first kappa shape index (κ1) is 11.0. The summed E-state index contributed by atoms with van der Waals surface area (Å²) in [6, 6.07) is 10.5. The largest absolute Gasteiger partial charge is 0.411 e. The SMILES string of the molecule is CN(c1ccccc1)C1CCCCC1=NO. The number of nitrogens with zero attached hydrogens (tertiary/aromatic N) is 2. The molecule has 1 atom stereocenters. The summed E-state index contributed by atoms with van der Waals surface area (Å²) in [5.74, 6) is 0. The number of benzene rings is 1. The molecule has 0 aliphatic heterocycles. The molecule has 1 N–H and O–H groups in total. The average Bonchev–Trinajstić information content (AvgIpc) is 2.39. The first-order valence-electron chi connectivity index (χ1n) is 5.81. The summed E-state index contributed by atoms with van der Waals surface area (Å²) in [6.07, 6.45) is 4.34. The van der Waals surface area contributed by atoms with Gasteiger partial charge in [0.1, 0.15) is 0 Å². The zero-order valence-electron chi connectivity index (χ0n) is 9.63. The number of hydrogen-bond acceptors (Lipinski definition) is 3. The van der Waals surface area contributed by atoms with Crippen molar-refractivity contribution in [2.24, 2.45) is 5.16 Å². The van der Waals surface area contributed by atoms with E-state index in [9.17, 15) is 0 Å². The highest BCUT2D eigenvalue weighted by molar-refractivity contribution is 5.92. The van der Waals surface area contributed by atoms with Gasteiger partial charge >= 0.3 is 0 Å². The van der Waals surface area contributed by atoms with Gasteiger partial charge in [0.2, 0.25) is 0 Å². The Morgan fingerprint density at radius 3 is 2.69 bits per heavy atom. The van der Waals surface area contributed by atoms with Crippen LogP contribution >= 0.6 is 0 Å². The number of anilines is 1. The van der Waals surface area contributed by atoms with Gasteiger partial charge < -0.3 is 10.1 Å². The monoisotopic (exact) mass is 218 g/mol. The van der Waals surface area contributed by atoms with E-state index in [1.54, 1.807) is 0 Å². The lowest BCUT2D eigenvalue weighted by Crippen LogP contribution is -2.40. The lowest BCUT2D eigenvalue weighted by molar-refractivity contribution is 0.312. The van der Waals surface area contributed by atoms with E-state index >= 15 is 0 Å². The van der Waals surface area contributed by atoms with Crippen LogP contribution in [0.3, 0.4) is 0 Å². The molecule has 16 heavy (non-hydrogen) atoms. The Hall–Kier alpha value is -1.51. The number of para-hydroxylation sites is 1. The maximum Gasteiger partial charge on any atom is 0.0794 e. The van der Waals surface area contributed by atoms with Crippen molar-refractivity contribution in [3.05, 3.63) is 30.3 Å². The minimum Gasteiger partial charge on any atom is -0.411 e. The molecule has 1 aliphatic rings. The van der Waals surface area contributed by atoms with Crippen molar-refractivity contribution in [3.8, 4) is 0 Å². The molecule has 0 spiro atoms. The van der Waals surface area contributed by atoms with Crippen LogP contribution in [0.1, 0.15) is 25.7 Å². The predicted molar refractivity (Wildman–Crippen MR) is 66.3 cm³/mol. The van der Waals surface area contributed by atoms with E-state index in [-0.39, 0.29) is 6.04 Å². The summed E-state index contributed by atoms with van der Waals surface area (Å²) in [5.41, 5.74) is 2.09. The van der Waals surface area contributed by atoms with Crippen molar-refractivity contribution in [2.45, 2.75) is 31.7 Å². The van der Waals surface area contributed by atoms with Gasteiger partial charge in [0.05, 0.1) is 11.8 Å². The van der Waals surface area contributed by atoms with Gasteiger partial charge in [-0.2, -0.15) is 0 Å². The molecule has 3 heteroatoms. The Bertz CT molecular complexity index is 361. The molecular weight excluding hydrogens is 200 g/mol. The van der Waals surface area contributed by atoms with Crippen LogP contribution < -0.4 is 4.90 Å². The molecule has 0 bridgehead atoms. The lowest BCUT2D eigenvalue weighted by atomic mass is 9.92. The van der Waals surface area contributed by atoms with E-state index in [1.807, 2.05) is 18.2 Å². The van der Waals surface area contributed by atoms with Gasteiger partial charge in [-0.1, -0.05) is 29.8 Å². The second kappa shape index (κ2) is 5.01. The van der Waals surface area contributed by atoms with Crippen molar-refractivity contribution in [1.82, 2.24) is 0 Å². The Morgan fingerprint density at radius 1 is 1.25 bits per heavy atom. The molecule has 3 nitrogen and oxygen atoms in total. The summed E-state index contributed by atoms with van der Waals surface area (Å²) in [6.45, 7) is 0. The summed E-state index contributed by atoms with van der Waals surface area (Å²) in [5, 5.41) is 12.5. The van der Waals surface area contributed by atoms with Gasteiger partial charge in [0, 0.05) is 12.7 Å². The first-order chi connectivity index (χ1) is 7.83. The van der Waals surface area contributed by atoms with Crippen LogP contribution in [0.4, 0.5) is 5.69 Å². The third kappa shape index (κ3) is 2.18. The molecule has 0 radical (unpaired) electrons. The van der Waals surface area contributed by atoms with Gasteiger partial charge in [-0.3, -0.25) is 0 Å². The van der Waals surface area contributed by atoms with Gasteiger partial charge in [-0.25, -0.2) is 0 Å². The fraction of sp³-hybridized carbons (Fsp3) is 0.462. The van der Waals surface area contributed by atoms with Crippen molar-refractivity contribution < 1.29 is 5.21 Å². The topological polar surface area (TPSA) is 35.8 Å². The van der Waals surface area contributed by atoms with Gasteiger partial charge in [-0.05, 0) is 31.4 Å². The fourth-order valence-electron chi connectivity index (χ4n) is 2.35. The van der Waals surface area contributed by atoms with Crippen molar-refractivity contribution >= 4 is 11.4 Å². The van der Waals surface area contributed by atoms with Crippen LogP contribution in [0.5, 0.6) is 0 Å². The zero-order valence-corrected chi connectivity index (χ0v) is 9.63. The number of hydrogen-bond donors (Lipinski definition) is 1. The fourth-order valence-corrected chi connectivity index (χ4v) is 2.35. The van der Waals surface area contributed by atoms with E-state index < -0.39 is 0 Å². The molecular formula is C13H18N2O. The quantitative estimate of drug-likeness (QED) is 0.612. The normalized spacial score (nSPS) is 23.3. The van der Waals surface area contributed by atoms with Gasteiger partial charge in [0.25, 0.3) is 0 Å². The van der Waals surface area contributed by atoms with Crippen LogP contribution in [0, 0.1) is 0 Å². The van der Waals surface area contributed by atoms with Crippen LogP contribution in [-0.4, -0.2) is 24.0 Å². The highest BCUT2D eigenvalue weighted by Gasteiger charge is 2.24. The highest BCUT2D eigenvalue weighted by atomic mass is 16.4. The first-order valence-corrected chi connectivity index (χ1v) is 5.81. The van der Waals surface area contributed by atoms with Crippen LogP contribution in [0.15, 0.2) is 35.5 Å². The molecule has 2 rings (SSSR count). The Labute approximate surface area is 96.4 Å². The van der Waals surface area contributed by atoms with E-state index in [2.05, 4.69) is 29.2 Å². The second-order valence-electron chi connectivity index (χ2n) is 4.30. The molecule has 86 valence electrons. The van der Waals surface area contributed by atoms with Gasteiger partial charge in [0.15, 0.2) is 0 Å². The van der Waals surface area contributed by atoms with E-state index in [4.69, 9.17) is 5.21 Å². The summed E-state index contributed by atoms with van der Waals surface area (Å²) in [7, 11) is 2.07. The van der Waals surface area contributed by atoms with Crippen LogP contribution in [0.2, 0.25) is 0 Å². The lowest BCUT2D eigenvalue weighted by Gasteiger charge is -2.33. The van der Waals surface area contributed by atoms with Gasteiger partial charge in [-0.15, -0.1) is 0 Å². The summed E-state index contributed by atoms with van der Waals surface area (Å²) >= 11 is 0. The third-order valence-electron chi connectivity index (χ3n) is 3.30. The van der Waals surface area contributed by atoms with E-state index in [0.29, 0.717) is 0 Å². The molecule has 0 heterocycles. The molecule has 1 aliphatic carbocycles. The van der Waals surface area contributed by atoms with Crippen LogP contribution in [-0.2, 0) is 0 Å². The number of oxime groups is 1. The minimum atomic E-state index is 0.251. The molecule has 1 saturated carbocycles. The zero-order chi connectivity index (χ0) is 11.4. The molecule has 1 aromatic rings. The Morgan fingerprint density at radius 2 is 2.00 bits per heavy atom. The maximum atomic E-state index is 9.02. The molecule has 0 aromatic heterocycles. The highest BCUT2D eigenvalue weighted by Crippen LogP contribution is 2.24. The Balaban J connectivity index is 2.17. The second-order valence-corrected chi connectivity index (χ2v) is 4.30. The van der Waals surface area contributed by atoms with Crippen molar-refractivity contribution in [2.75, 3.05) is 11.9 Å². The molecule has 0 saturated heterocycles. The molecule has 1 aromatic carbocycles. The third-order valence-corrected chi connectivity index (χ3v) is 3.30. The van der Waals surface area contributed by atoms with Crippen molar-refractivity contribution in [3.63, 3.8) is 0 Å². The number of rotatable bonds is 2. The predicted octanol–water partition coefficient (Wildman–Crippen LogP) is 2.90. The summed E-state index contributed by atoms with van der Waals surface area (Å²) in [4.78, 5) is 2.20. The molecule has 0 amide bonds. The smallest absolute Gasteiger partial charge is 0.0794 e. The van der Waals surface area contributed by atoms with E-state index in [0.717, 1.165) is 25.0 Å². The Kier molecular flexibility index (Phi) is 3.44. The van der Waals surface area contributed by atoms with Crippen molar-refractivity contribution in [1.29, 1.82) is 0 Å². The molecule has 1 fully saturated rings. The minimum absolute atomic E-state index is 0.251. The van der Waals surface area contributed by atoms with Crippen LogP contribution in [0.25, 0.3) is 0 Å². The summed E-state index contributed by atoms with van der Waals surface area (Å²) < 4.78 is 0. The maximum absolute atomic E-state index is 9.02. The standard InChI is InChI=1S/C13H18N2O/c1-15(11-7-3-2-4-8-11)13-10-6-5-9-12(13)14-16/h2-4,7-8,13,16H,5-6,9-10H2,1H3. The molecule has 1 unspecified atom stereocenters.